The molecule has 0 bridgehead atoms. The van der Waals surface area contributed by atoms with Crippen LogP contribution in [-0.2, 0) is 4.84 Å². The van der Waals surface area contributed by atoms with Crippen LogP contribution in [0.5, 0.6) is 0 Å². The number of carbonyl (C=O) groups excluding carboxylic acids is 1. The van der Waals surface area contributed by atoms with Crippen LogP contribution in [0.3, 0.4) is 0 Å². The minimum Gasteiger partial charge on any atom is -0.336 e. The van der Waals surface area contributed by atoms with E-state index in [1.54, 1.807) is 18.2 Å². The van der Waals surface area contributed by atoms with Crippen molar-refractivity contribution < 1.29 is 14.0 Å². The molecule has 0 aliphatic carbocycles. The van der Waals surface area contributed by atoms with Gasteiger partial charge in [0.15, 0.2) is 0 Å². The molecule has 0 radical (unpaired) electrons. The molecule has 0 atom stereocenters. The number of hydrogen-bond donors (Lipinski definition) is 2. The third-order valence-corrected chi connectivity index (χ3v) is 2.73. The van der Waals surface area contributed by atoms with Gasteiger partial charge in [0.1, 0.15) is 5.82 Å². The van der Waals surface area contributed by atoms with Gasteiger partial charge in [0.2, 0.25) is 0 Å². The van der Waals surface area contributed by atoms with Crippen molar-refractivity contribution in [3.63, 3.8) is 0 Å². The van der Waals surface area contributed by atoms with Crippen LogP contribution in [0.2, 0.25) is 0 Å². The standard InChI is InChI=1S/C10H13FN2O2S/c1-15-13-10(14)12-6-7-16-9-5-3-2-4-8(9)11/h2-5H,6-7H2,1H3,(H2,12,13,14). The quantitative estimate of drug-likeness (QED) is 0.471. The topological polar surface area (TPSA) is 50.4 Å². The Hall–Kier alpha value is -1.27. The molecule has 1 aromatic rings. The summed E-state index contributed by atoms with van der Waals surface area (Å²) in [6.07, 6.45) is 0. The average Bonchev–Trinajstić information content (AvgIpc) is 2.27. The van der Waals surface area contributed by atoms with Crippen molar-refractivity contribution in [3.8, 4) is 0 Å². The molecule has 0 spiro atoms. The first-order chi connectivity index (χ1) is 7.74. The lowest BCUT2D eigenvalue weighted by atomic mass is 10.3. The molecule has 88 valence electrons. The monoisotopic (exact) mass is 244 g/mol. The molecular formula is C10H13FN2O2S. The van der Waals surface area contributed by atoms with E-state index in [0.717, 1.165) is 0 Å². The maximum absolute atomic E-state index is 13.2. The highest BCUT2D eigenvalue weighted by molar-refractivity contribution is 7.99. The molecule has 0 aliphatic rings. The summed E-state index contributed by atoms with van der Waals surface area (Å²) in [4.78, 5) is 15.9. The molecule has 6 heteroatoms. The summed E-state index contributed by atoms with van der Waals surface area (Å²) in [6.45, 7) is 0.439. The molecule has 4 nitrogen and oxygen atoms in total. The van der Waals surface area contributed by atoms with Crippen LogP contribution < -0.4 is 10.8 Å². The van der Waals surface area contributed by atoms with Crippen molar-refractivity contribution in [3.05, 3.63) is 30.1 Å². The third kappa shape index (κ3) is 4.50. The molecule has 1 aromatic carbocycles. The van der Waals surface area contributed by atoms with E-state index in [1.807, 2.05) is 0 Å². The van der Waals surface area contributed by atoms with Crippen LogP contribution in [0, 0.1) is 5.82 Å². The van der Waals surface area contributed by atoms with Crippen molar-refractivity contribution in [2.45, 2.75) is 4.90 Å². The lowest BCUT2D eigenvalue weighted by molar-refractivity contribution is 0.108. The number of halogens is 1. The van der Waals surface area contributed by atoms with Crippen LogP contribution in [0.4, 0.5) is 9.18 Å². The van der Waals surface area contributed by atoms with E-state index in [1.165, 1.54) is 24.9 Å². The van der Waals surface area contributed by atoms with Crippen LogP contribution in [0.15, 0.2) is 29.2 Å². The van der Waals surface area contributed by atoms with Gasteiger partial charge in [-0.25, -0.2) is 14.7 Å². The van der Waals surface area contributed by atoms with Gasteiger partial charge in [-0.2, -0.15) is 0 Å². The van der Waals surface area contributed by atoms with Gasteiger partial charge in [0.25, 0.3) is 0 Å². The number of nitrogens with one attached hydrogen (secondary N) is 2. The molecule has 0 aliphatic heterocycles. The van der Waals surface area contributed by atoms with Gasteiger partial charge in [-0.05, 0) is 12.1 Å². The highest BCUT2D eigenvalue weighted by atomic mass is 32.2. The van der Waals surface area contributed by atoms with Crippen molar-refractivity contribution in [2.75, 3.05) is 19.4 Å². The summed E-state index contributed by atoms with van der Waals surface area (Å²) in [5, 5.41) is 2.55. The average molecular weight is 244 g/mol. The molecule has 0 unspecified atom stereocenters. The van der Waals surface area contributed by atoms with E-state index in [4.69, 9.17) is 0 Å². The summed E-state index contributed by atoms with van der Waals surface area (Å²) < 4.78 is 13.2. The normalized spacial score (nSPS) is 9.88. The van der Waals surface area contributed by atoms with E-state index < -0.39 is 6.03 Å². The number of carbonyl (C=O) groups is 1. The number of amides is 2. The molecule has 2 N–H and O–H groups in total. The van der Waals surface area contributed by atoms with Gasteiger partial charge >= 0.3 is 6.03 Å². The maximum atomic E-state index is 13.2. The molecular weight excluding hydrogens is 231 g/mol. The number of urea groups is 1. The summed E-state index contributed by atoms with van der Waals surface area (Å²) in [5.74, 6) is 0.353. The number of hydroxylamine groups is 1. The Labute approximate surface area is 97.5 Å². The first-order valence-corrected chi connectivity index (χ1v) is 5.66. The second kappa shape index (κ2) is 7.08. The fourth-order valence-electron chi connectivity index (χ4n) is 1.02. The predicted molar refractivity (Wildman–Crippen MR) is 60.7 cm³/mol. The van der Waals surface area contributed by atoms with E-state index in [9.17, 15) is 9.18 Å². The Morgan fingerprint density at radius 2 is 2.25 bits per heavy atom. The third-order valence-electron chi connectivity index (χ3n) is 1.68. The number of thioether (sulfide) groups is 1. The fourth-order valence-corrected chi connectivity index (χ4v) is 1.82. The number of rotatable bonds is 5. The van der Waals surface area contributed by atoms with Crippen molar-refractivity contribution in [1.82, 2.24) is 10.8 Å². The van der Waals surface area contributed by atoms with E-state index >= 15 is 0 Å². The van der Waals surface area contributed by atoms with Gasteiger partial charge in [-0.15, -0.1) is 11.8 Å². The van der Waals surface area contributed by atoms with Gasteiger partial charge < -0.3 is 5.32 Å². The molecule has 0 heterocycles. The van der Waals surface area contributed by atoms with Crippen molar-refractivity contribution in [1.29, 1.82) is 0 Å². The predicted octanol–water partition coefficient (Wildman–Crippen LogP) is 1.78. The SMILES string of the molecule is CONC(=O)NCCSc1ccccc1F. The zero-order valence-electron chi connectivity index (χ0n) is 8.83. The minimum atomic E-state index is -0.406. The number of benzene rings is 1. The van der Waals surface area contributed by atoms with Crippen LogP contribution >= 0.6 is 11.8 Å². The van der Waals surface area contributed by atoms with E-state index in [2.05, 4.69) is 15.6 Å². The van der Waals surface area contributed by atoms with Crippen molar-refractivity contribution in [2.24, 2.45) is 0 Å². The molecule has 0 fully saturated rings. The molecule has 16 heavy (non-hydrogen) atoms. The van der Waals surface area contributed by atoms with Gasteiger partial charge in [0.05, 0.1) is 7.11 Å². The minimum absolute atomic E-state index is 0.242. The van der Waals surface area contributed by atoms with E-state index in [0.29, 0.717) is 17.2 Å². The highest BCUT2D eigenvalue weighted by Gasteiger charge is 2.01. The molecule has 2 amide bonds. The fraction of sp³-hybridized carbons (Fsp3) is 0.300. The molecule has 0 saturated carbocycles. The Balaban J connectivity index is 2.21. The van der Waals surface area contributed by atoms with Crippen LogP contribution in [0.25, 0.3) is 0 Å². The van der Waals surface area contributed by atoms with Crippen LogP contribution in [-0.4, -0.2) is 25.4 Å². The Morgan fingerprint density at radius 1 is 1.50 bits per heavy atom. The van der Waals surface area contributed by atoms with Gasteiger partial charge in [-0.3, -0.25) is 4.84 Å². The summed E-state index contributed by atoms with van der Waals surface area (Å²) in [5.41, 5.74) is 2.12. The Kier molecular flexibility index (Phi) is 5.66. The molecule has 1 rings (SSSR count). The lowest BCUT2D eigenvalue weighted by Crippen LogP contribution is -2.35. The molecule has 0 saturated heterocycles. The van der Waals surface area contributed by atoms with Gasteiger partial charge in [0, 0.05) is 17.2 Å². The van der Waals surface area contributed by atoms with E-state index in [-0.39, 0.29) is 5.82 Å². The first kappa shape index (κ1) is 12.8. The highest BCUT2D eigenvalue weighted by Crippen LogP contribution is 2.20. The maximum Gasteiger partial charge on any atom is 0.338 e. The van der Waals surface area contributed by atoms with Crippen molar-refractivity contribution >= 4 is 17.8 Å². The Morgan fingerprint density at radius 3 is 2.94 bits per heavy atom. The zero-order valence-corrected chi connectivity index (χ0v) is 9.64. The zero-order chi connectivity index (χ0) is 11.8. The lowest BCUT2D eigenvalue weighted by Gasteiger charge is -2.05. The summed E-state index contributed by atoms with van der Waals surface area (Å²) in [6, 6.07) is 6.12. The first-order valence-electron chi connectivity index (χ1n) is 4.68. The Bertz CT molecular complexity index is 349. The number of hydrogen-bond acceptors (Lipinski definition) is 3. The summed E-state index contributed by atoms with van der Waals surface area (Å²) >= 11 is 1.35. The largest absolute Gasteiger partial charge is 0.338 e. The van der Waals surface area contributed by atoms with Gasteiger partial charge in [-0.1, -0.05) is 12.1 Å². The molecule has 0 aromatic heterocycles. The van der Waals surface area contributed by atoms with Crippen LogP contribution in [0.1, 0.15) is 0 Å². The smallest absolute Gasteiger partial charge is 0.336 e. The summed E-state index contributed by atoms with van der Waals surface area (Å²) in [7, 11) is 1.35. The second-order valence-corrected chi connectivity index (χ2v) is 3.98. The second-order valence-electron chi connectivity index (χ2n) is 2.84.